The number of methoxy groups -OCH3 is 1. The Balaban J connectivity index is 1.62. The third-order valence-corrected chi connectivity index (χ3v) is 5.39. The molecule has 1 heterocycles. The first-order valence-electron chi connectivity index (χ1n) is 9.59. The number of rotatable bonds is 5. The minimum Gasteiger partial charge on any atom is -0.508 e. The number of hydrogen-bond acceptors (Lipinski definition) is 6. The number of aryl methyl sites for hydroxylation is 3. The summed E-state index contributed by atoms with van der Waals surface area (Å²) in [5.74, 6) is 1.88. The van der Waals surface area contributed by atoms with E-state index in [-0.39, 0.29) is 5.75 Å². The summed E-state index contributed by atoms with van der Waals surface area (Å²) in [6.45, 7) is 1.90. The zero-order valence-electron chi connectivity index (χ0n) is 16.4. The Labute approximate surface area is 174 Å². The summed E-state index contributed by atoms with van der Waals surface area (Å²) in [6, 6.07) is 9.30. The summed E-state index contributed by atoms with van der Waals surface area (Å²) in [4.78, 5) is 8.84. The Kier molecular flexibility index (Phi) is 5.45. The van der Waals surface area contributed by atoms with Crippen LogP contribution in [0.25, 0.3) is 0 Å². The predicted molar refractivity (Wildman–Crippen MR) is 116 cm³/mol. The Hall–Kier alpha value is -2.99. The van der Waals surface area contributed by atoms with Crippen LogP contribution in [0.15, 0.2) is 36.5 Å². The Bertz CT molecular complexity index is 1060. The first-order chi connectivity index (χ1) is 14.0. The van der Waals surface area contributed by atoms with Gasteiger partial charge in [0.2, 0.25) is 5.95 Å². The minimum absolute atomic E-state index is 0.212. The fourth-order valence-electron chi connectivity index (χ4n) is 3.58. The van der Waals surface area contributed by atoms with Gasteiger partial charge in [0.1, 0.15) is 16.5 Å². The summed E-state index contributed by atoms with van der Waals surface area (Å²) < 4.78 is 5.58. The number of anilines is 4. The molecule has 0 amide bonds. The van der Waals surface area contributed by atoms with E-state index in [0.717, 1.165) is 35.5 Å². The van der Waals surface area contributed by atoms with E-state index < -0.39 is 0 Å². The van der Waals surface area contributed by atoms with E-state index in [4.69, 9.17) is 16.3 Å². The number of aromatic hydroxyl groups is 1. The topological polar surface area (TPSA) is 79.3 Å². The number of hydrogen-bond donors (Lipinski definition) is 3. The van der Waals surface area contributed by atoms with Crippen LogP contribution in [-0.2, 0) is 12.8 Å². The molecule has 29 heavy (non-hydrogen) atoms. The second-order valence-electron chi connectivity index (χ2n) is 7.17. The van der Waals surface area contributed by atoms with E-state index >= 15 is 0 Å². The molecule has 0 aliphatic heterocycles. The van der Waals surface area contributed by atoms with Gasteiger partial charge in [-0.2, -0.15) is 4.98 Å². The maximum Gasteiger partial charge on any atom is 0.229 e. The molecule has 0 saturated heterocycles. The fraction of sp³-hybridized carbons (Fsp3) is 0.273. The molecule has 6 nitrogen and oxygen atoms in total. The molecule has 3 aromatic rings. The maximum absolute atomic E-state index is 9.60. The lowest BCUT2D eigenvalue weighted by molar-refractivity contribution is 0.415. The molecule has 7 heteroatoms. The number of benzene rings is 2. The summed E-state index contributed by atoms with van der Waals surface area (Å²) in [5, 5.41) is 16.5. The zero-order chi connectivity index (χ0) is 20.4. The van der Waals surface area contributed by atoms with Gasteiger partial charge in [0.15, 0.2) is 5.82 Å². The number of phenols is 1. The molecule has 4 rings (SSSR count). The number of phenolic OH excluding ortho intramolecular Hbond substituents is 1. The van der Waals surface area contributed by atoms with Gasteiger partial charge in [-0.1, -0.05) is 11.6 Å². The van der Waals surface area contributed by atoms with Crippen molar-refractivity contribution >= 4 is 34.7 Å². The summed E-state index contributed by atoms with van der Waals surface area (Å²) in [6.07, 6.45) is 6.14. The second-order valence-corrected chi connectivity index (χ2v) is 7.57. The molecule has 1 aliphatic carbocycles. The van der Waals surface area contributed by atoms with E-state index in [1.807, 2.05) is 6.92 Å². The Morgan fingerprint density at radius 1 is 1.03 bits per heavy atom. The molecule has 0 unspecified atom stereocenters. The van der Waals surface area contributed by atoms with Crippen LogP contribution in [0.4, 0.5) is 23.1 Å². The summed E-state index contributed by atoms with van der Waals surface area (Å²) in [5.41, 5.74) is 5.21. The lowest BCUT2D eigenvalue weighted by atomic mass is 9.91. The van der Waals surface area contributed by atoms with Crippen LogP contribution in [0.3, 0.4) is 0 Å². The molecule has 2 aromatic carbocycles. The van der Waals surface area contributed by atoms with Crippen LogP contribution in [0.1, 0.15) is 29.5 Å². The van der Waals surface area contributed by atoms with E-state index in [0.29, 0.717) is 16.8 Å². The number of nitrogens with one attached hydrogen (secondary N) is 2. The molecule has 0 bridgehead atoms. The highest BCUT2D eigenvalue weighted by atomic mass is 35.5. The van der Waals surface area contributed by atoms with Gasteiger partial charge in [-0.3, -0.25) is 0 Å². The standard InChI is InChI=1S/C22H23ClN4O2/c1-13-9-16(28)7-8-18(13)25-21-17(23)12-24-22(27-21)26-19-10-14-5-3-4-6-15(14)11-20(19)29-2/h7-12,28H,3-6H2,1-2H3,(H2,24,25,26,27). The largest absolute Gasteiger partial charge is 0.508 e. The van der Waals surface area contributed by atoms with Gasteiger partial charge >= 0.3 is 0 Å². The van der Waals surface area contributed by atoms with Gasteiger partial charge in [-0.25, -0.2) is 4.98 Å². The van der Waals surface area contributed by atoms with Crippen molar-refractivity contribution in [2.24, 2.45) is 0 Å². The second kappa shape index (κ2) is 8.17. The third-order valence-electron chi connectivity index (χ3n) is 5.12. The quantitative estimate of drug-likeness (QED) is 0.481. The SMILES string of the molecule is COc1cc2c(cc1Nc1ncc(Cl)c(Nc3ccc(O)cc3C)n1)CCCC2. The van der Waals surface area contributed by atoms with Gasteiger partial charge in [-0.15, -0.1) is 0 Å². The van der Waals surface area contributed by atoms with Crippen molar-refractivity contribution in [1.82, 2.24) is 9.97 Å². The van der Waals surface area contributed by atoms with Gasteiger partial charge < -0.3 is 20.5 Å². The average molecular weight is 411 g/mol. The average Bonchev–Trinajstić information content (AvgIpc) is 2.72. The van der Waals surface area contributed by atoms with Gasteiger partial charge in [-0.05, 0) is 79.6 Å². The lowest BCUT2D eigenvalue weighted by Gasteiger charge is -2.19. The van der Waals surface area contributed by atoms with Crippen LogP contribution in [0.2, 0.25) is 5.02 Å². The number of aromatic nitrogens is 2. The monoisotopic (exact) mass is 410 g/mol. The van der Waals surface area contributed by atoms with Gasteiger partial charge in [0, 0.05) is 5.69 Å². The highest BCUT2D eigenvalue weighted by Gasteiger charge is 2.15. The van der Waals surface area contributed by atoms with Crippen molar-refractivity contribution in [1.29, 1.82) is 0 Å². The van der Waals surface area contributed by atoms with Crippen molar-refractivity contribution < 1.29 is 9.84 Å². The van der Waals surface area contributed by atoms with Crippen molar-refractivity contribution in [2.45, 2.75) is 32.6 Å². The molecule has 0 saturated carbocycles. The summed E-state index contributed by atoms with van der Waals surface area (Å²) >= 11 is 6.30. The number of ether oxygens (including phenoxy) is 1. The van der Waals surface area contributed by atoms with Crippen LogP contribution in [-0.4, -0.2) is 22.2 Å². The third kappa shape index (κ3) is 4.22. The van der Waals surface area contributed by atoms with Gasteiger partial charge in [0.25, 0.3) is 0 Å². The van der Waals surface area contributed by atoms with Crippen molar-refractivity contribution in [2.75, 3.05) is 17.7 Å². The first kappa shape index (κ1) is 19.3. The number of nitrogens with zero attached hydrogens (tertiary/aromatic N) is 2. The predicted octanol–water partition coefficient (Wildman–Crippen LogP) is 5.52. The lowest BCUT2D eigenvalue weighted by Crippen LogP contribution is -2.07. The van der Waals surface area contributed by atoms with Crippen LogP contribution >= 0.6 is 11.6 Å². The number of halogens is 1. The molecule has 3 N–H and O–H groups in total. The Morgan fingerprint density at radius 2 is 1.79 bits per heavy atom. The molecule has 0 spiro atoms. The smallest absolute Gasteiger partial charge is 0.229 e. The molecule has 0 fully saturated rings. The fourth-order valence-corrected chi connectivity index (χ4v) is 3.72. The molecule has 0 atom stereocenters. The van der Waals surface area contributed by atoms with Gasteiger partial charge in [0.05, 0.1) is 19.0 Å². The highest BCUT2D eigenvalue weighted by molar-refractivity contribution is 6.32. The minimum atomic E-state index is 0.212. The Morgan fingerprint density at radius 3 is 2.52 bits per heavy atom. The molecule has 1 aromatic heterocycles. The highest BCUT2D eigenvalue weighted by Crippen LogP contribution is 2.34. The zero-order valence-corrected chi connectivity index (χ0v) is 17.2. The molecule has 150 valence electrons. The normalized spacial score (nSPS) is 12.9. The van der Waals surface area contributed by atoms with Crippen LogP contribution in [0, 0.1) is 6.92 Å². The maximum atomic E-state index is 9.60. The molecule has 0 radical (unpaired) electrons. The van der Waals surface area contributed by atoms with E-state index in [1.165, 1.54) is 24.0 Å². The van der Waals surface area contributed by atoms with Crippen molar-refractivity contribution in [3.05, 3.63) is 58.2 Å². The van der Waals surface area contributed by atoms with Crippen LogP contribution < -0.4 is 15.4 Å². The molecular weight excluding hydrogens is 388 g/mol. The first-order valence-corrected chi connectivity index (χ1v) is 9.97. The molecular formula is C22H23ClN4O2. The van der Waals surface area contributed by atoms with Crippen molar-refractivity contribution in [3.63, 3.8) is 0 Å². The van der Waals surface area contributed by atoms with Crippen molar-refractivity contribution in [3.8, 4) is 11.5 Å². The van der Waals surface area contributed by atoms with E-state index in [2.05, 4.69) is 32.7 Å². The summed E-state index contributed by atoms with van der Waals surface area (Å²) in [7, 11) is 1.67. The van der Waals surface area contributed by atoms with E-state index in [1.54, 1.807) is 31.5 Å². The van der Waals surface area contributed by atoms with E-state index in [9.17, 15) is 5.11 Å². The molecule has 1 aliphatic rings. The number of fused-ring (bicyclic) bond motifs is 1. The van der Waals surface area contributed by atoms with Crippen LogP contribution in [0.5, 0.6) is 11.5 Å².